The van der Waals surface area contributed by atoms with Crippen molar-refractivity contribution < 1.29 is 9.53 Å². The number of carbonyl (C=O) groups is 1. The number of aromatic nitrogens is 2. The van der Waals surface area contributed by atoms with Gasteiger partial charge in [0.25, 0.3) is 0 Å². The smallest absolute Gasteiger partial charge is 0.227 e. The monoisotopic (exact) mass is 473 g/mol. The van der Waals surface area contributed by atoms with Crippen molar-refractivity contribution in [3.05, 3.63) is 89.2 Å². The van der Waals surface area contributed by atoms with Gasteiger partial charge in [-0.1, -0.05) is 61.8 Å². The molecule has 5 nitrogen and oxygen atoms in total. The number of hydrogen-bond donors (Lipinski definition) is 0. The summed E-state index contributed by atoms with van der Waals surface area (Å²) < 4.78 is 8.44. The Hall–Kier alpha value is -3.31. The number of benzene rings is 3. The molecule has 34 heavy (non-hydrogen) atoms. The molecule has 2 heterocycles. The molecule has 0 spiro atoms. The maximum atomic E-state index is 12.9. The molecule has 1 aliphatic rings. The summed E-state index contributed by atoms with van der Waals surface area (Å²) in [6.45, 7) is 6.11. The number of anilines is 1. The highest BCUT2D eigenvalue weighted by Gasteiger charge is 2.35. The Bertz CT molecular complexity index is 1330. The van der Waals surface area contributed by atoms with Crippen LogP contribution in [0.4, 0.5) is 5.69 Å². The summed E-state index contributed by atoms with van der Waals surface area (Å²) >= 11 is 6.17. The molecule has 0 radical (unpaired) electrons. The molecule has 174 valence electrons. The standard InChI is InChI=1S/C28H28ClN3O2/c1-19(2)23-10-3-6-13-26(23)34-15-14-31-25-12-5-4-11-24(25)30-28(31)20-16-27(33)32(18-20)22-9-7-8-21(29)17-22/h3-13,17,19-20H,14-16,18H2,1-2H3. The fourth-order valence-corrected chi connectivity index (χ4v) is 4.94. The second kappa shape index (κ2) is 9.51. The van der Waals surface area contributed by atoms with Gasteiger partial charge in [-0.05, 0) is 47.9 Å². The number of carbonyl (C=O) groups excluding carboxylic acids is 1. The lowest BCUT2D eigenvalue weighted by molar-refractivity contribution is -0.117. The Labute approximate surface area is 204 Å². The van der Waals surface area contributed by atoms with Gasteiger partial charge in [0, 0.05) is 29.6 Å². The molecular formula is C28H28ClN3O2. The molecule has 3 aromatic carbocycles. The van der Waals surface area contributed by atoms with Crippen molar-refractivity contribution in [3.8, 4) is 5.75 Å². The van der Waals surface area contributed by atoms with Crippen LogP contribution in [0.3, 0.4) is 0 Å². The first-order valence-electron chi connectivity index (χ1n) is 11.7. The number of imidazole rings is 1. The van der Waals surface area contributed by atoms with E-state index in [1.807, 2.05) is 65.6 Å². The van der Waals surface area contributed by atoms with E-state index < -0.39 is 0 Å². The van der Waals surface area contributed by atoms with Gasteiger partial charge in [-0.3, -0.25) is 4.79 Å². The zero-order valence-corrected chi connectivity index (χ0v) is 20.2. The van der Waals surface area contributed by atoms with Crippen LogP contribution < -0.4 is 9.64 Å². The van der Waals surface area contributed by atoms with E-state index in [4.69, 9.17) is 21.3 Å². The van der Waals surface area contributed by atoms with Crippen LogP contribution >= 0.6 is 11.6 Å². The molecule has 0 N–H and O–H groups in total. The maximum absolute atomic E-state index is 12.9. The average molecular weight is 474 g/mol. The van der Waals surface area contributed by atoms with Gasteiger partial charge in [0.15, 0.2) is 0 Å². The number of halogens is 1. The molecule has 0 saturated carbocycles. The summed E-state index contributed by atoms with van der Waals surface area (Å²) in [5.41, 5.74) is 4.04. The van der Waals surface area contributed by atoms with Crippen LogP contribution in [0.15, 0.2) is 72.8 Å². The fourth-order valence-electron chi connectivity index (χ4n) is 4.75. The lowest BCUT2D eigenvalue weighted by atomic mass is 10.0. The first-order valence-corrected chi connectivity index (χ1v) is 12.1. The van der Waals surface area contributed by atoms with Gasteiger partial charge in [0.1, 0.15) is 18.2 Å². The number of ether oxygens (including phenoxy) is 1. The first-order chi connectivity index (χ1) is 16.5. The normalized spacial score (nSPS) is 16.1. The third-order valence-corrected chi connectivity index (χ3v) is 6.64. The van der Waals surface area contributed by atoms with Gasteiger partial charge in [-0.15, -0.1) is 0 Å². The Morgan fingerprint density at radius 2 is 1.85 bits per heavy atom. The molecule has 1 fully saturated rings. The molecule has 1 amide bonds. The maximum Gasteiger partial charge on any atom is 0.227 e. The van der Waals surface area contributed by atoms with Crippen LogP contribution in [-0.4, -0.2) is 28.6 Å². The number of amides is 1. The molecule has 1 aliphatic heterocycles. The first kappa shape index (κ1) is 22.5. The number of fused-ring (bicyclic) bond motifs is 1. The summed E-state index contributed by atoms with van der Waals surface area (Å²) in [7, 11) is 0. The number of para-hydroxylation sites is 3. The molecule has 6 heteroatoms. The Morgan fingerprint density at radius 3 is 2.68 bits per heavy atom. The van der Waals surface area contributed by atoms with E-state index >= 15 is 0 Å². The van der Waals surface area contributed by atoms with Gasteiger partial charge in [-0.2, -0.15) is 0 Å². The number of rotatable bonds is 7. The van der Waals surface area contributed by atoms with E-state index in [1.165, 1.54) is 5.56 Å². The van der Waals surface area contributed by atoms with E-state index in [0.29, 0.717) is 37.1 Å². The molecule has 0 aliphatic carbocycles. The van der Waals surface area contributed by atoms with E-state index in [2.05, 4.69) is 30.5 Å². The molecule has 1 unspecified atom stereocenters. The van der Waals surface area contributed by atoms with Crippen LogP contribution in [0.1, 0.15) is 43.5 Å². The second-order valence-corrected chi connectivity index (χ2v) is 9.47. The van der Waals surface area contributed by atoms with Crippen molar-refractivity contribution in [2.45, 2.75) is 38.6 Å². The minimum atomic E-state index is 0.00170. The Balaban J connectivity index is 1.40. The fraction of sp³-hybridized carbons (Fsp3) is 0.286. The third kappa shape index (κ3) is 4.40. The second-order valence-electron chi connectivity index (χ2n) is 9.04. The van der Waals surface area contributed by atoms with Gasteiger partial charge in [-0.25, -0.2) is 4.98 Å². The van der Waals surface area contributed by atoms with Gasteiger partial charge in [0.2, 0.25) is 5.91 Å². The van der Waals surface area contributed by atoms with Gasteiger partial charge >= 0.3 is 0 Å². The highest BCUT2D eigenvalue weighted by molar-refractivity contribution is 6.30. The quantitative estimate of drug-likeness (QED) is 0.311. The minimum Gasteiger partial charge on any atom is -0.491 e. The summed E-state index contributed by atoms with van der Waals surface area (Å²) in [6, 6.07) is 23.8. The zero-order valence-electron chi connectivity index (χ0n) is 19.4. The number of nitrogens with zero attached hydrogens (tertiary/aromatic N) is 3. The lowest BCUT2D eigenvalue weighted by Crippen LogP contribution is -2.24. The largest absolute Gasteiger partial charge is 0.491 e. The zero-order chi connectivity index (χ0) is 23.7. The number of hydrogen-bond acceptors (Lipinski definition) is 3. The van der Waals surface area contributed by atoms with Crippen molar-refractivity contribution in [3.63, 3.8) is 0 Å². The molecule has 5 rings (SSSR count). The summed E-state index contributed by atoms with van der Waals surface area (Å²) in [5.74, 6) is 2.34. The van der Waals surface area contributed by atoms with Crippen molar-refractivity contribution in [1.29, 1.82) is 0 Å². The van der Waals surface area contributed by atoms with Gasteiger partial charge in [0.05, 0.1) is 17.6 Å². The summed E-state index contributed by atoms with van der Waals surface area (Å²) in [4.78, 5) is 19.7. The Morgan fingerprint density at radius 1 is 1.06 bits per heavy atom. The summed E-state index contributed by atoms with van der Waals surface area (Å²) in [6.07, 6.45) is 0.423. The molecule has 4 aromatic rings. The van der Waals surface area contributed by atoms with E-state index in [9.17, 15) is 4.79 Å². The van der Waals surface area contributed by atoms with Crippen molar-refractivity contribution >= 4 is 34.2 Å². The van der Waals surface area contributed by atoms with Crippen molar-refractivity contribution in [1.82, 2.24) is 9.55 Å². The molecule has 0 bridgehead atoms. The Kier molecular flexibility index (Phi) is 6.29. The van der Waals surface area contributed by atoms with Crippen LogP contribution in [0.5, 0.6) is 5.75 Å². The van der Waals surface area contributed by atoms with E-state index in [0.717, 1.165) is 28.3 Å². The van der Waals surface area contributed by atoms with E-state index in [1.54, 1.807) is 0 Å². The lowest BCUT2D eigenvalue weighted by Gasteiger charge is -2.18. The van der Waals surface area contributed by atoms with E-state index in [-0.39, 0.29) is 11.8 Å². The predicted octanol–water partition coefficient (Wildman–Crippen LogP) is 6.41. The van der Waals surface area contributed by atoms with Crippen LogP contribution in [-0.2, 0) is 11.3 Å². The molecule has 1 atom stereocenters. The van der Waals surface area contributed by atoms with Crippen LogP contribution in [0.2, 0.25) is 5.02 Å². The van der Waals surface area contributed by atoms with Crippen molar-refractivity contribution in [2.75, 3.05) is 18.1 Å². The topological polar surface area (TPSA) is 47.4 Å². The van der Waals surface area contributed by atoms with Crippen LogP contribution in [0, 0.1) is 0 Å². The predicted molar refractivity (Wildman–Crippen MR) is 137 cm³/mol. The van der Waals surface area contributed by atoms with Crippen molar-refractivity contribution in [2.24, 2.45) is 0 Å². The highest BCUT2D eigenvalue weighted by atomic mass is 35.5. The third-order valence-electron chi connectivity index (χ3n) is 6.41. The molecular weight excluding hydrogens is 446 g/mol. The van der Waals surface area contributed by atoms with Gasteiger partial charge < -0.3 is 14.2 Å². The molecule has 1 saturated heterocycles. The minimum absolute atomic E-state index is 0.00170. The van der Waals surface area contributed by atoms with Crippen LogP contribution in [0.25, 0.3) is 11.0 Å². The molecule has 1 aromatic heterocycles. The SMILES string of the molecule is CC(C)c1ccccc1OCCn1c(C2CC(=O)N(c3cccc(Cl)c3)C2)nc2ccccc21. The highest BCUT2D eigenvalue weighted by Crippen LogP contribution is 2.34. The summed E-state index contributed by atoms with van der Waals surface area (Å²) in [5, 5.41) is 0.625. The average Bonchev–Trinajstić information content (AvgIpc) is 3.40.